The fourth-order valence-corrected chi connectivity index (χ4v) is 4.52. The molecule has 8 heteroatoms. The lowest BCUT2D eigenvalue weighted by atomic mass is 10.1. The van der Waals surface area contributed by atoms with Crippen LogP contribution >= 0.6 is 50.1 Å². The van der Waals surface area contributed by atoms with Crippen LogP contribution in [0.3, 0.4) is 0 Å². The van der Waals surface area contributed by atoms with Gasteiger partial charge in [-0.25, -0.2) is 4.98 Å². The average molecular weight is 605 g/mol. The van der Waals surface area contributed by atoms with Gasteiger partial charge in [0.15, 0.2) is 0 Å². The number of carbonyl (C=O) groups excluding carboxylic acids is 1. The van der Waals surface area contributed by atoms with Crippen molar-refractivity contribution in [3.63, 3.8) is 0 Å². The number of anilines is 1. The molecule has 0 saturated carbocycles. The smallest absolute Gasteiger partial charge is 0.266 e. The van der Waals surface area contributed by atoms with Crippen LogP contribution in [0.15, 0.2) is 69.9 Å². The number of aromatic nitrogens is 2. The fourth-order valence-electron chi connectivity index (χ4n) is 3.54. The van der Waals surface area contributed by atoms with Crippen LogP contribution < -0.4 is 10.9 Å². The average Bonchev–Trinajstić information content (AvgIpc) is 3.04. The molecule has 152 valence electrons. The lowest BCUT2D eigenvalue weighted by Crippen LogP contribution is -2.22. The van der Waals surface area contributed by atoms with Crippen molar-refractivity contribution in [2.24, 2.45) is 0 Å². The monoisotopic (exact) mass is 603 g/mol. The van der Waals surface area contributed by atoms with Gasteiger partial charge in [0.25, 0.3) is 11.5 Å². The fraction of sp³-hybridized carbons (Fsp3) is 0. The minimum absolute atomic E-state index is 0.217. The van der Waals surface area contributed by atoms with Gasteiger partial charge in [-0.3, -0.25) is 14.2 Å². The molecule has 0 atom stereocenters. The van der Waals surface area contributed by atoms with Crippen LogP contribution in [-0.4, -0.2) is 15.5 Å². The third kappa shape index (κ3) is 3.71. The molecule has 5 rings (SSSR count). The van der Waals surface area contributed by atoms with Crippen LogP contribution in [0.1, 0.15) is 11.4 Å². The highest BCUT2D eigenvalue weighted by molar-refractivity contribution is 14.1. The molecule has 0 saturated heterocycles. The van der Waals surface area contributed by atoms with E-state index in [4.69, 9.17) is 16.6 Å². The van der Waals surface area contributed by atoms with Gasteiger partial charge in [-0.1, -0.05) is 27.5 Å². The summed E-state index contributed by atoms with van der Waals surface area (Å²) in [4.78, 5) is 30.9. The van der Waals surface area contributed by atoms with E-state index in [1.807, 2.05) is 36.4 Å². The van der Waals surface area contributed by atoms with Crippen molar-refractivity contribution in [2.45, 2.75) is 0 Å². The van der Waals surface area contributed by atoms with Crippen molar-refractivity contribution in [3.05, 3.63) is 95.5 Å². The molecule has 0 radical (unpaired) electrons. The normalized spacial score (nSPS) is 14.2. The second kappa shape index (κ2) is 7.89. The summed E-state index contributed by atoms with van der Waals surface area (Å²) in [7, 11) is 0. The topological polar surface area (TPSA) is 64.0 Å². The maximum atomic E-state index is 13.5. The Kier molecular flexibility index (Phi) is 5.19. The Labute approximate surface area is 204 Å². The van der Waals surface area contributed by atoms with Crippen molar-refractivity contribution in [3.8, 4) is 5.69 Å². The number of benzene rings is 3. The number of halogens is 3. The summed E-state index contributed by atoms with van der Waals surface area (Å²) in [5, 5.41) is 3.93. The Morgan fingerprint density at radius 1 is 1.03 bits per heavy atom. The molecule has 3 aromatic carbocycles. The Morgan fingerprint density at radius 2 is 1.81 bits per heavy atom. The quantitative estimate of drug-likeness (QED) is 0.229. The van der Waals surface area contributed by atoms with Crippen molar-refractivity contribution in [1.29, 1.82) is 0 Å². The molecule has 1 amide bonds. The number of fused-ring (bicyclic) bond motifs is 2. The maximum Gasteiger partial charge on any atom is 0.266 e. The first kappa shape index (κ1) is 20.4. The van der Waals surface area contributed by atoms with E-state index in [1.54, 1.807) is 30.3 Å². The highest BCUT2D eigenvalue weighted by atomic mass is 127. The first-order valence-electron chi connectivity index (χ1n) is 9.22. The third-order valence-electron chi connectivity index (χ3n) is 4.98. The zero-order valence-corrected chi connectivity index (χ0v) is 20.2. The Hall–Kier alpha value is -2.49. The van der Waals surface area contributed by atoms with Crippen LogP contribution in [0.2, 0.25) is 5.02 Å². The summed E-state index contributed by atoms with van der Waals surface area (Å²) in [6.45, 7) is 0. The summed E-state index contributed by atoms with van der Waals surface area (Å²) in [5.74, 6) is 0.117. The van der Waals surface area contributed by atoms with Gasteiger partial charge in [-0.05, 0) is 89.3 Å². The number of nitrogens with one attached hydrogen (secondary N) is 1. The molecular formula is C23H12BrClIN3O2. The molecule has 4 aromatic rings. The lowest BCUT2D eigenvalue weighted by Gasteiger charge is -2.12. The molecule has 1 aliphatic heterocycles. The van der Waals surface area contributed by atoms with Gasteiger partial charge in [0.1, 0.15) is 5.82 Å². The number of carbonyl (C=O) groups is 1. The Morgan fingerprint density at radius 3 is 2.58 bits per heavy atom. The number of hydrogen-bond donors (Lipinski definition) is 1. The molecule has 0 fully saturated rings. The molecular weight excluding hydrogens is 593 g/mol. The second-order valence-electron chi connectivity index (χ2n) is 6.95. The molecule has 31 heavy (non-hydrogen) atoms. The summed E-state index contributed by atoms with van der Waals surface area (Å²) in [6.07, 6.45) is 1.65. The van der Waals surface area contributed by atoms with E-state index >= 15 is 0 Å². The number of nitrogens with zero attached hydrogens (tertiary/aromatic N) is 2. The molecule has 1 N–H and O–H groups in total. The van der Waals surface area contributed by atoms with Crippen LogP contribution in [0.25, 0.3) is 28.2 Å². The summed E-state index contributed by atoms with van der Waals surface area (Å²) < 4.78 is 3.29. The van der Waals surface area contributed by atoms with Crippen molar-refractivity contribution in [1.82, 2.24) is 9.55 Å². The van der Waals surface area contributed by atoms with Gasteiger partial charge in [0, 0.05) is 24.3 Å². The van der Waals surface area contributed by atoms with Crippen molar-refractivity contribution >= 4 is 84.3 Å². The molecule has 0 spiro atoms. The van der Waals surface area contributed by atoms with Gasteiger partial charge in [-0.2, -0.15) is 0 Å². The number of rotatable bonds is 2. The van der Waals surface area contributed by atoms with E-state index in [9.17, 15) is 9.59 Å². The molecule has 0 aliphatic carbocycles. The van der Waals surface area contributed by atoms with Gasteiger partial charge >= 0.3 is 0 Å². The zero-order chi connectivity index (χ0) is 21.7. The van der Waals surface area contributed by atoms with Gasteiger partial charge < -0.3 is 5.32 Å². The number of amides is 1. The molecule has 0 bridgehead atoms. The van der Waals surface area contributed by atoms with Crippen LogP contribution in [-0.2, 0) is 4.79 Å². The van der Waals surface area contributed by atoms with Gasteiger partial charge in [-0.15, -0.1) is 0 Å². The number of hydrogen-bond acceptors (Lipinski definition) is 3. The first-order chi connectivity index (χ1) is 14.9. The standard InChI is InChI=1S/C23H12BrClIN3O2/c24-12-1-7-19-16(9-12)17(22(30)28-19)11-21-27-20-8-4-14(26)10-18(20)23(31)29(21)15-5-2-13(25)3-6-15/h1-11H,(H,28,30)/b17-11-. The molecule has 0 unspecified atom stereocenters. The van der Waals surface area contributed by atoms with Gasteiger partial charge in [0.05, 0.1) is 22.2 Å². The second-order valence-corrected chi connectivity index (χ2v) is 9.55. The molecule has 1 aromatic heterocycles. The molecule has 2 heterocycles. The van der Waals surface area contributed by atoms with Crippen molar-refractivity contribution < 1.29 is 4.79 Å². The first-order valence-corrected chi connectivity index (χ1v) is 11.5. The van der Waals surface area contributed by atoms with Crippen LogP contribution in [0.5, 0.6) is 0 Å². The van der Waals surface area contributed by atoms with E-state index in [2.05, 4.69) is 43.8 Å². The summed E-state index contributed by atoms with van der Waals surface area (Å²) >= 11 is 11.7. The highest BCUT2D eigenvalue weighted by Crippen LogP contribution is 2.35. The summed E-state index contributed by atoms with van der Waals surface area (Å²) in [5.41, 5.74) is 2.87. The SMILES string of the molecule is O=C1Nc2ccc(Br)cc2/C1=C/c1nc2ccc(I)cc2c(=O)n1-c1ccc(Cl)cc1. The minimum Gasteiger partial charge on any atom is -0.321 e. The lowest BCUT2D eigenvalue weighted by molar-refractivity contribution is -0.110. The van der Waals surface area contributed by atoms with E-state index in [-0.39, 0.29) is 11.5 Å². The van der Waals surface area contributed by atoms with Crippen LogP contribution in [0.4, 0.5) is 5.69 Å². The molecule has 5 nitrogen and oxygen atoms in total. The molecule has 1 aliphatic rings. The third-order valence-corrected chi connectivity index (χ3v) is 6.40. The van der Waals surface area contributed by atoms with E-state index < -0.39 is 0 Å². The predicted molar refractivity (Wildman–Crippen MR) is 136 cm³/mol. The predicted octanol–water partition coefficient (Wildman–Crippen LogP) is 5.90. The highest BCUT2D eigenvalue weighted by Gasteiger charge is 2.25. The summed E-state index contributed by atoms with van der Waals surface area (Å²) in [6, 6.07) is 18.0. The minimum atomic E-state index is -0.243. The Balaban J connectivity index is 1.82. The largest absolute Gasteiger partial charge is 0.321 e. The van der Waals surface area contributed by atoms with E-state index in [1.165, 1.54) is 4.57 Å². The van der Waals surface area contributed by atoms with Crippen molar-refractivity contribution in [2.75, 3.05) is 5.32 Å². The van der Waals surface area contributed by atoms with Gasteiger partial charge in [0.2, 0.25) is 0 Å². The Bertz CT molecular complexity index is 1480. The van der Waals surface area contributed by atoms with E-state index in [0.29, 0.717) is 33.0 Å². The van der Waals surface area contributed by atoms with E-state index in [0.717, 1.165) is 19.3 Å². The maximum absolute atomic E-state index is 13.5. The zero-order valence-electron chi connectivity index (χ0n) is 15.7. The van der Waals surface area contributed by atoms with Crippen LogP contribution in [0, 0.1) is 3.57 Å².